The van der Waals surface area contributed by atoms with Gasteiger partial charge in [-0.05, 0) is 23.5 Å². The molecule has 0 radical (unpaired) electrons. The number of amides is 3. The minimum Gasteiger partial charge on any atom is -0.391 e. The second-order valence-electron chi connectivity index (χ2n) is 11.7. The third-order valence-corrected chi connectivity index (χ3v) is 8.28. The summed E-state index contributed by atoms with van der Waals surface area (Å²) in [6.07, 6.45) is 2.29. The van der Waals surface area contributed by atoms with E-state index in [0.29, 0.717) is 31.9 Å². The zero-order valence-corrected chi connectivity index (χ0v) is 25.9. The number of carbonyl (C=O) groups excluding carboxylic acids is 3. The number of β-amino-alcohol motifs (C(OH)–C–C–N with tert-alkyl or cyclic N) is 1. The van der Waals surface area contributed by atoms with Gasteiger partial charge in [-0.3, -0.25) is 19.1 Å². The van der Waals surface area contributed by atoms with E-state index in [2.05, 4.69) is 20.7 Å². The fourth-order valence-electron chi connectivity index (χ4n) is 4.94. The molecule has 12 nitrogen and oxygen atoms in total. The maximum Gasteiger partial charge on any atom is 0.255 e. The molecule has 5 N–H and O–H groups in total. The average Bonchev–Trinajstić information content (AvgIpc) is 3.72. The first kappa shape index (κ1) is 32.3. The van der Waals surface area contributed by atoms with Crippen LogP contribution in [0.2, 0.25) is 0 Å². The van der Waals surface area contributed by atoms with Crippen LogP contribution in [0.3, 0.4) is 0 Å². The Bertz CT molecular complexity index is 1400. The van der Waals surface area contributed by atoms with Gasteiger partial charge < -0.3 is 31.1 Å². The lowest BCUT2D eigenvalue weighted by atomic mass is 9.85. The smallest absolute Gasteiger partial charge is 0.255 e. The minimum absolute atomic E-state index is 0.00298. The van der Waals surface area contributed by atoms with E-state index in [-0.39, 0.29) is 25.4 Å². The first-order chi connectivity index (χ1) is 20.5. The van der Waals surface area contributed by atoms with Crippen LogP contribution < -0.4 is 16.4 Å². The second-order valence-corrected chi connectivity index (χ2v) is 12.6. The van der Waals surface area contributed by atoms with E-state index in [1.807, 2.05) is 57.5 Å². The molecule has 0 bridgehead atoms. The van der Waals surface area contributed by atoms with Crippen LogP contribution in [0, 0.1) is 12.3 Å². The van der Waals surface area contributed by atoms with Crippen molar-refractivity contribution in [3.05, 3.63) is 59.0 Å². The van der Waals surface area contributed by atoms with Crippen LogP contribution in [-0.2, 0) is 27.4 Å². The van der Waals surface area contributed by atoms with Gasteiger partial charge in [0.1, 0.15) is 12.1 Å². The quantitative estimate of drug-likeness (QED) is 0.225. The normalized spacial score (nSPS) is 17.6. The van der Waals surface area contributed by atoms with Gasteiger partial charge in [0.05, 0.1) is 53.7 Å². The van der Waals surface area contributed by atoms with Crippen LogP contribution in [0.15, 0.2) is 42.2 Å². The molecule has 1 aliphatic rings. The Labute approximate surface area is 255 Å². The molecule has 0 spiro atoms. The van der Waals surface area contributed by atoms with Crippen molar-refractivity contribution in [2.45, 2.75) is 65.4 Å². The molecule has 232 valence electrons. The Morgan fingerprint density at radius 3 is 2.60 bits per heavy atom. The number of carbonyl (C=O) groups is 3. The molecule has 1 unspecified atom stereocenters. The number of ether oxygens (including phenoxy) is 1. The molecule has 1 aliphatic heterocycles. The van der Waals surface area contributed by atoms with E-state index in [0.717, 1.165) is 21.7 Å². The summed E-state index contributed by atoms with van der Waals surface area (Å²) >= 11 is 1.58. The molecule has 3 atom stereocenters. The molecular formula is C30H41N7O5S. The Morgan fingerprint density at radius 1 is 1.21 bits per heavy atom. The highest BCUT2D eigenvalue weighted by Crippen LogP contribution is 2.28. The Kier molecular flexibility index (Phi) is 10.7. The van der Waals surface area contributed by atoms with Crippen LogP contribution in [0.25, 0.3) is 10.4 Å². The number of hydrogen-bond donors (Lipinski definition) is 4. The Morgan fingerprint density at radius 2 is 1.95 bits per heavy atom. The lowest BCUT2D eigenvalue weighted by molar-refractivity contribution is -0.142. The summed E-state index contributed by atoms with van der Waals surface area (Å²) in [4.78, 5) is 47.1. The maximum absolute atomic E-state index is 13.8. The van der Waals surface area contributed by atoms with Gasteiger partial charge in [-0.1, -0.05) is 45.0 Å². The number of nitrogens with zero attached hydrogens (tertiary/aromatic N) is 4. The van der Waals surface area contributed by atoms with Crippen LogP contribution in [0.5, 0.6) is 0 Å². The summed E-state index contributed by atoms with van der Waals surface area (Å²) in [5.74, 6) is -1.24. The number of benzene rings is 1. The standard InChI is InChI=1S/C30H41N7O5S/c1-19-25(43-18-33-19)21-7-5-20(6-8-21)14-32-28(40)24-13-23(38)17-37(24)29(41)26(30(2,3)4)35-27(39)22-15-34-36(16-22)10-12-42-11-9-31/h5-8,15-16,18,23-24,26,38H,9-14,17,31H2,1-4H3,(H,32,40)(H,35,39)/t23-,24+,26?/m1/s1. The monoisotopic (exact) mass is 611 g/mol. The second kappa shape index (κ2) is 14.2. The van der Waals surface area contributed by atoms with Crippen LogP contribution in [0.4, 0.5) is 0 Å². The minimum atomic E-state index is -0.945. The van der Waals surface area contributed by atoms with Gasteiger partial charge >= 0.3 is 0 Å². The first-order valence-corrected chi connectivity index (χ1v) is 15.2. The Hall–Kier alpha value is -3.65. The van der Waals surface area contributed by atoms with Crippen molar-refractivity contribution >= 4 is 29.1 Å². The summed E-state index contributed by atoms with van der Waals surface area (Å²) in [6.45, 7) is 9.49. The SMILES string of the molecule is Cc1ncsc1-c1ccc(CNC(=O)[C@@H]2C[C@@H](O)CN2C(=O)C(NC(=O)c2cnn(CCOCCN)c2)C(C)(C)C)cc1. The fraction of sp³-hybridized carbons (Fsp3) is 0.500. The van der Waals surface area contributed by atoms with E-state index in [1.165, 1.54) is 11.1 Å². The molecule has 3 amide bonds. The van der Waals surface area contributed by atoms with Crippen molar-refractivity contribution in [3.8, 4) is 10.4 Å². The van der Waals surface area contributed by atoms with Crippen molar-refractivity contribution in [3.63, 3.8) is 0 Å². The summed E-state index contributed by atoms with van der Waals surface area (Å²) in [6, 6.07) is 6.07. The molecule has 3 aromatic rings. The summed E-state index contributed by atoms with van der Waals surface area (Å²) in [7, 11) is 0. The van der Waals surface area contributed by atoms with E-state index < -0.39 is 35.4 Å². The van der Waals surface area contributed by atoms with Gasteiger partial charge in [0, 0.05) is 32.3 Å². The number of aliphatic hydroxyl groups excluding tert-OH is 1. The van der Waals surface area contributed by atoms with E-state index in [9.17, 15) is 19.5 Å². The van der Waals surface area contributed by atoms with Gasteiger partial charge in [0.15, 0.2) is 0 Å². The third kappa shape index (κ3) is 8.25. The number of hydrogen-bond acceptors (Lipinski definition) is 9. The van der Waals surface area contributed by atoms with E-state index in [4.69, 9.17) is 10.5 Å². The van der Waals surface area contributed by atoms with E-state index in [1.54, 1.807) is 22.2 Å². The molecule has 13 heteroatoms. The van der Waals surface area contributed by atoms with Crippen LogP contribution >= 0.6 is 11.3 Å². The van der Waals surface area contributed by atoms with Gasteiger partial charge in [0.2, 0.25) is 11.8 Å². The van der Waals surface area contributed by atoms with Crippen LogP contribution in [0.1, 0.15) is 48.8 Å². The van der Waals surface area contributed by atoms with Crippen molar-refractivity contribution in [1.29, 1.82) is 0 Å². The van der Waals surface area contributed by atoms with Crippen LogP contribution in [-0.4, -0.2) is 87.0 Å². The number of aromatic nitrogens is 3. The largest absolute Gasteiger partial charge is 0.391 e. The number of likely N-dealkylation sites (tertiary alicyclic amines) is 1. The topological polar surface area (TPSA) is 165 Å². The predicted molar refractivity (Wildman–Crippen MR) is 163 cm³/mol. The maximum atomic E-state index is 13.8. The lowest BCUT2D eigenvalue weighted by Crippen LogP contribution is -2.57. The summed E-state index contributed by atoms with van der Waals surface area (Å²) in [5, 5.41) is 20.4. The molecule has 2 aromatic heterocycles. The summed E-state index contributed by atoms with van der Waals surface area (Å²) < 4.78 is 6.95. The van der Waals surface area contributed by atoms with Gasteiger partial charge in [-0.15, -0.1) is 11.3 Å². The number of rotatable bonds is 12. The number of nitrogens with two attached hydrogens (primary N) is 1. The zero-order chi connectivity index (χ0) is 31.1. The highest BCUT2D eigenvalue weighted by molar-refractivity contribution is 7.13. The lowest BCUT2D eigenvalue weighted by Gasteiger charge is -2.35. The molecule has 4 rings (SSSR count). The third-order valence-electron chi connectivity index (χ3n) is 7.30. The molecule has 1 fully saturated rings. The van der Waals surface area contributed by atoms with Crippen molar-refractivity contribution in [2.24, 2.45) is 11.1 Å². The van der Waals surface area contributed by atoms with Crippen molar-refractivity contribution in [1.82, 2.24) is 30.3 Å². The van der Waals surface area contributed by atoms with Gasteiger partial charge in [0.25, 0.3) is 5.91 Å². The highest BCUT2D eigenvalue weighted by Gasteiger charge is 2.44. The van der Waals surface area contributed by atoms with Gasteiger partial charge in [-0.25, -0.2) is 4.98 Å². The first-order valence-electron chi connectivity index (χ1n) is 14.3. The highest BCUT2D eigenvalue weighted by atomic mass is 32.1. The predicted octanol–water partition coefficient (Wildman–Crippen LogP) is 1.71. The number of thiazole rings is 1. The van der Waals surface area contributed by atoms with Crippen molar-refractivity contribution in [2.75, 3.05) is 26.3 Å². The Balaban J connectivity index is 1.39. The molecular weight excluding hydrogens is 570 g/mol. The summed E-state index contributed by atoms with van der Waals surface area (Å²) in [5.41, 5.74) is 9.80. The molecule has 43 heavy (non-hydrogen) atoms. The molecule has 1 saturated heterocycles. The number of aryl methyl sites for hydroxylation is 1. The number of aliphatic hydroxyl groups is 1. The molecule has 3 heterocycles. The molecule has 1 aromatic carbocycles. The van der Waals surface area contributed by atoms with Crippen molar-refractivity contribution < 1.29 is 24.2 Å². The number of nitrogens with one attached hydrogen (secondary N) is 2. The zero-order valence-electron chi connectivity index (χ0n) is 25.1. The average molecular weight is 612 g/mol. The van der Waals surface area contributed by atoms with E-state index >= 15 is 0 Å². The molecule has 0 saturated carbocycles. The molecule has 0 aliphatic carbocycles. The van der Waals surface area contributed by atoms with Gasteiger partial charge in [-0.2, -0.15) is 5.10 Å². The fourth-order valence-corrected chi connectivity index (χ4v) is 5.75.